The zero-order valence-corrected chi connectivity index (χ0v) is 27.0. The highest BCUT2D eigenvalue weighted by molar-refractivity contribution is 8.22. The molecule has 0 aliphatic heterocycles. The molecule has 0 unspecified atom stereocenters. The number of hydrogen-bond donors (Lipinski definition) is 3. The second-order valence-electron chi connectivity index (χ2n) is 8.32. The lowest BCUT2D eigenvalue weighted by Crippen LogP contribution is -1.95. The van der Waals surface area contributed by atoms with Crippen LogP contribution in [0.25, 0.3) is 4.91 Å². The Labute approximate surface area is 250 Å². The molecule has 0 fully saturated rings. The third-order valence-electron chi connectivity index (χ3n) is 4.99. The van der Waals surface area contributed by atoms with E-state index in [0.717, 1.165) is 35.1 Å². The highest BCUT2D eigenvalue weighted by atomic mass is 32.2. The van der Waals surface area contributed by atoms with Gasteiger partial charge in [0.2, 0.25) is 0 Å². The van der Waals surface area contributed by atoms with Crippen molar-refractivity contribution in [2.45, 2.75) is 65.0 Å². The van der Waals surface area contributed by atoms with Gasteiger partial charge in [0, 0.05) is 40.3 Å². The molecule has 5 nitrogen and oxygen atoms in total. The van der Waals surface area contributed by atoms with Crippen molar-refractivity contribution in [1.82, 2.24) is 0 Å². The Morgan fingerprint density at radius 3 is 1.88 bits per heavy atom. The van der Waals surface area contributed by atoms with Crippen LogP contribution in [0.3, 0.4) is 0 Å². The lowest BCUT2D eigenvalue weighted by Gasteiger charge is -2.10. The zero-order chi connectivity index (χ0) is 30.5. The number of anilines is 1. The Kier molecular flexibility index (Phi) is 19.9. The molecular formula is C33H46N2O3S2. The van der Waals surface area contributed by atoms with Crippen LogP contribution in [0.4, 0.5) is 5.69 Å². The number of methoxy groups -OCH3 is 1. The topological polar surface area (TPSA) is 82.4 Å². The summed E-state index contributed by atoms with van der Waals surface area (Å²) < 4.78 is 5.20. The van der Waals surface area contributed by atoms with Crippen LogP contribution in [-0.4, -0.2) is 35.5 Å². The highest BCUT2D eigenvalue weighted by Crippen LogP contribution is 2.32. The molecule has 3 rings (SSSR count). The van der Waals surface area contributed by atoms with Crippen LogP contribution in [0.15, 0.2) is 83.8 Å². The van der Waals surface area contributed by atoms with Gasteiger partial charge in [0.1, 0.15) is 5.75 Å². The molecule has 0 bridgehead atoms. The fourth-order valence-corrected chi connectivity index (χ4v) is 4.76. The number of carboxylic acids is 1. The van der Waals surface area contributed by atoms with Crippen LogP contribution in [-0.2, 0) is 11.2 Å². The van der Waals surface area contributed by atoms with Gasteiger partial charge in [-0.25, -0.2) is 0 Å². The summed E-state index contributed by atoms with van der Waals surface area (Å²) in [7, 11) is 3.60. The summed E-state index contributed by atoms with van der Waals surface area (Å²) in [4.78, 5) is 11.3. The van der Waals surface area contributed by atoms with Gasteiger partial charge in [-0.2, -0.15) is 0 Å². The van der Waals surface area contributed by atoms with E-state index in [1.807, 2.05) is 82.1 Å². The van der Waals surface area contributed by atoms with E-state index in [-0.39, 0.29) is 0 Å². The number of nitrogens with one attached hydrogen (secondary N) is 2. The van der Waals surface area contributed by atoms with Crippen LogP contribution in [0.2, 0.25) is 0 Å². The number of ether oxygens (including phenoxy) is 1. The molecule has 0 saturated carbocycles. The van der Waals surface area contributed by atoms with Crippen molar-refractivity contribution >= 4 is 45.1 Å². The normalized spacial score (nSPS) is 10.1. The van der Waals surface area contributed by atoms with E-state index < -0.39 is 5.97 Å². The number of hydrogen-bond acceptors (Lipinski definition) is 6. The maximum absolute atomic E-state index is 9.00. The van der Waals surface area contributed by atoms with Crippen LogP contribution in [0, 0.1) is 5.41 Å². The maximum atomic E-state index is 9.00. The number of thioether (sulfide) groups is 2. The summed E-state index contributed by atoms with van der Waals surface area (Å²) in [6, 6.07) is 24.7. The van der Waals surface area contributed by atoms with E-state index in [0.29, 0.717) is 10.3 Å². The number of benzene rings is 3. The van der Waals surface area contributed by atoms with Gasteiger partial charge in [-0.3, -0.25) is 10.2 Å². The predicted molar refractivity (Wildman–Crippen MR) is 179 cm³/mol. The van der Waals surface area contributed by atoms with Gasteiger partial charge in [0.25, 0.3) is 5.97 Å². The lowest BCUT2D eigenvalue weighted by molar-refractivity contribution is -0.134. The summed E-state index contributed by atoms with van der Waals surface area (Å²) in [6.07, 6.45) is 3.16. The number of carbonyl (C=O) groups is 1. The van der Waals surface area contributed by atoms with Crippen LogP contribution < -0.4 is 10.1 Å². The second-order valence-corrected chi connectivity index (χ2v) is 11.0. The Morgan fingerprint density at radius 1 is 0.975 bits per heavy atom. The van der Waals surface area contributed by atoms with Crippen molar-refractivity contribution in [2.75, 3.05) is 19.5 Å². The third kappa shape index (κ3) is 15.4. The molecule has 0 saturated heterocycles. The van der Waals surface area contributed by atoms with Crippen LogP contribution in [0.5, 0.6) is 5.75 Å². The van der Waals surface area contributed by atoms with Crippen molar-refractivity contribution in [3.8, 4) is 5.75 Å². The van der Waals surface area contributed by atoms with Gasteiger partial charge in [0.05, 0.1) is 12.2 Å². The summed E-state index contributed by atoms with van der Waals surface area (Å²) >= 11 is 3.32. The Morgan fingerprint density at radius 2 is 1.48 bits per heavy atom. The smallest absolute Gasteiger partial charge is 0.300 e. The minimum absolute atomic E-state index is 0.556. The molecule has 218 valence electrons. The van der Waals surface area contributed by atoms with Gasteiger partial charge >= 0.3 is 0 Å². The quantitative estimate of drug-likeness (QED) is 0.139. The standard InChI is InChI=1S/C20H23NOS2.C9H13N.C2H4O2.C2H6/c1-5-19(15-6-10-17(22-4)11-7-15)24-20(21)16-8-12-18(13-9-16)23-14(2)3;1-3-8-4-6-9(10-2)7-5-8;1-2(3)4;1-2/h5-14,21H,1-4H3;4-7,10H,3H2,1-2H3;1H3,(H,3,4);1-2H3/b19-5+,21-20?;;;. The average molecular weight is 583 g/mol. The Hall–Kier alpha value is -3.16. The molecule has 3 aromatic carbocycles. The first-order chi connectivity index (χ1) is 19.1. The first-order valence-electron chi connectivity index (χ1n) is 13.4. The van der Waals surface area contributed by atoms with E-state index in [1.54, 1.807) is 7.11 Å². The van der Waals surface area contributed by atoms with Gasteiger partial charge in [-0.15, -0.1) is 11.8 Å². The molecule has 0 aromatic heterocycles. The second kappa shape index (κ2) is 21.6. The zero-order valence-electron chi connectivity index (χ0n) is 25.4. The number of allylic oxidation sites excluding steroid dienone is 1. The van der Waals surface area contributed by atoms with Crippen molar-refractivity contribution in [3.63, 3.8) is 0 Å². The van der Waals surface area contributed by atoms with E-state index >= 15 is 0 Å². The monoisotopic (exact) mass is 582 g/mol. The van der Waals surface area contributed by atoms with Crippen LogP contribution in [0.1, 0.15) is 65.2 Å². The molecule has 3 aromatic rings. The molecule has 0 atom stereocenters. The fourth-order valence-electron chi connectivity index (χ4n) is 3.07. The van der Waals surface area contributed by atoms with Crippen molar-refractivity contribution < 1.29 is 14.6 Å². The van der Waals surface area contributed by atoms with Crippen molar-refractivity contribution in [1.29, 1.82) is 5.41 Å². The Balaban J connectivity index is 0.000000782. The number of aryl methyl sites for hydroxylation is 1. The minimum atomic E-state index is -0.833. The number of aliphatic carboxylic acids is 1. The summed E-state index contributed by atoms with van der Waals surface area (Å²) in [5.74, 6) is 0.00696. The van der Waals surface area contributed by atoms with Gasteiger partial charge < -0.3 is 15.2 Å². The molecule has 0 amide bonds. The molecule has 0 heterocycles. The van der Waals surface area contributed by atoms with Crippen molar-refractivity contribution in [2.24, 2.45) is 0 Å². The van der Waals surface area contributed by atoms with Crippen molar-refractivity contribution in [3.05, 3.63) is 95.6 Å². The predicted octanol–water partition coefficient (Wildman–Crippen LogP) is 9.72. The maximum Gasteiger partial charge on any atom is 0.300 e. The summed E-state index contributed by atoms with van der Waals surface area (Å²) in [5.41, 5.74) is 4.61. The molecule has 3 N–H and O–H groups in total. The third-order valence-corrected chi connectivity index (χ3v) is 7.13. The van der Waals surface area contributed by atoms with Gasteiger partial charge in [0.15, 0.2) is 0 Å². The summed E-state index contributed by atoms with van der Waals surface area (Å²) in [5, 5.41) is 20.0. The molecule has 0 spiro atoms. The van der Waals surface area contributed by atoms with E-state index in [1.165, 1.54) is 27.9 Å². The fraction of sp³-hybridized carbons (Fsp3) is 0.333. The molecule has 0 aliphatic rings. The molecule has 7 heteroatoms. The van der Waals surface area contributed by atoms with E-state index in [9.17, 15) is 0 Å². The van der Waals surface area contributed by atoms with E-state index in [4.69, 9.17) is 20.0 Å². The number of rotatable bonds is 8. The molecule has 0 aliphatic carbocycles. The highest BCUT2D eigenvalue weighted by Gasteiger charge is 2.09. The Bertz CT molecular complexity index is 1110. The molecule has 40 heavy (non-hydrogen) atoms. The minimum Gasteiger partial charge on any atom is -0.497 e. The average Bonchev–Trinajstić information content (AvgIpc) is 2.97. The first kappa shape index (κ1) is 36.8. The molecular weight excluding hydrogens is 537 g/mol. The largest absolute Gasteiger partial charge is 0.497 e. The lowest BCUT2D eigenvalue weighted by atomic mass is 10.1. The van der Waals surface area contributed by atoms with Gasteiger partial charge in [-0.05, 0) is 60.9 Å². The van der Waals surface area contributed by atoms with E-state index in [2.05, 4.69) is 62.5 Å². The van der Waals surface area contributed by atoms with Crippen LogP contribution >= 0.6 is 23.5 Å². The van der Waals surface area contributed by atoms with Gasteiger partial charge in [-0.1, -0.05) is 88.9 Å². The SMILES string of the molecule is C/C=C(/SC(=N)c1ccc(SC(C)C)cc1)c1ccc(OC)cc1.CC.CC(=O)O.CCc1ccc(NC)cc1. The molecule has 0 radical (unpaired) electrons. The number of carboxylic acid groups (broad SMARTS) is 1. The first-order valence-corrected chi connectivity index (χ1v) is 15.1. The summed E-state index contributed by atoms with van der Waals surface area (Å²) in [6.45, 7) is 13.6.